The molecule has 0 unspecified atom stereocenters. The number of nitrogens with zero attached hydrogens (tertiary/aromatic N) is 4. The van der Waals surface area contributed by atoms with Crippen molar-refractivity contribution in [1.82, 2.24) is 19.7 Å². The van der Waals surface area contributed by atoms with Crippen molar-refractivity contribution in [1.29, 1.82) is 0 Å². The second-order valence-corrected chi connectivity index (χ2v) is 5.10. The predicted molar refractivity (Wildman–Crippen MR) is 78.6 cm³/mol. The molecule has 2 heterocycles. The Morgan fingerprint density at radius 3 is 2.75 bits per heavy atom. The molecule has 0 fully saturated rings. The van der Waals surface area contributed by atoms with Crippen molar-refractivity contribution in [2.75, 3.05) is 0 Å². The molecule has 3 aromatic rings. The van der Waals surface area contributed by atoms with E-state index in [0.717, 1.165) is 5.52 Å². The van der Waals surface area contributed by atoms with Gasteiger partial charge in [-0.15, -0.1) is 0 Å². The van der Waals surface area contributed by atoms with Crippen LogP contribution in [0.2, 0.25) is 0 Å². The molecule has 20 heavy (non-hydrogen) atoms. The van der Waals surface area contributed by atoms with E-state index < -0.39 is 0 Å². The van der Waals surface area contributed by atoms with Crippen molar-refractivity contribution < 1.29 is 4.79 Å². The summed E-state index contributed by atoms with van der Waals surface area (Å²) >= 11 is 3.37. The summed E-state index contributed by atoms with van der Waals surface area (Å²) in [4.78, 5) is 21.0. The fourth-order valence-corrected chi connectivity index (χ4v) is 2.55. The maximum atomic E-state index is 12.6. The zero-order valence-electron chi connectivity index (χ0n) is 10.7. The lowest BCUT2D eigenvalue weighted by Crippen LogP contribution is -2.11. The summed E-state index contributed by atoms with van der Waals surface area (Å²) in [6.45, 7) is 2.59. The minimum Gasteiger partial charge on any atom is -0.287 e. The first-order chi connectivity index (χ1) is 9.70. The second kappa shape index (κ2) is 5.13. The summed E-state index contributed by atoms with van der Waals surface area (Å²) < 4.78 is 2.37. The molecule has 0 saturated carbocycles. The van der Waals surface area contributed by atoms with E-state index in [1.165, 1.54) is 0 Å². The summed E-state index contributed by atoms with van der Waals surface area (Å²) in [7, 11) is 0. The third-order valence-electron chi connectivity index (χ3n) is 3.04. The van der Waals surface area contributed by atoms with Crippen LogP contribution in [0.4, 0.5) is 0 Å². The topological polar surface area (TPSA) is 60.7 Å². The number of hydrogen-bond donors (Lipinski definition) is 0. The van der Waals surface area contributed by atoms with Gasteiger partial charge in [-0.25, -0.2) is 0 Å². The van der Waals surface area contributed by atoms with Gasteiger partial charge < -0.3 is 0 Å². The van der Waals surface area contributed by atoms with Gasteiger partial charge in [-0.2, -0.15) is 5.10 Å². The van der Waals surface area contributed by atoms with Crippen LogP contribution >= 0.6 is 15.9 Å². The highest BCUT2D eigenvalue weighted by atomic mass is 79.9. The Morgan fingerprint density at radius 2 is 2.00 bits per heavy atom. The molecule has 0 saturated heterocycles. The Morgan fingerprint density at radius 1 is 1.25 bits per heavy atom. The average molecular weight is 331 g/mol. The largest absolute Gasteiger partial charge is 0.287 e. The quantitative estimate of drug-likeness (QED) is 0.693. The van der Waals surface area contributed by atoms with Gasteiger partial charge in [0.1, 0.15) is 5.69 Å². The van der Waals surface area contributed by atoms with Gasteiger partial charge in [-0.1, -0.05) is 0 Å². The summed E-state index contributed by atoms with van der Waals surface area (Å²) in [6, 6.07) is 5.32. The number of rotatable bonds is 3. The molecule has 0 aliphatic rings. The Kier molecular flexibility index (Phi) is 3.31. The summed E-state index contributed by atoms with van der Waals surface area (Å²) in [5.41, 5.74) is 2.61. The minimum atomic E-state index is -0.0798. The summed E-state index contributed by atoms with van der Waals surface area (Å²) in [6.07, 6.45) is 4.88. The number of fused-ring (bicyclic) bond motifs is 1. The first kappa shape index (κ1) is 12.9. The maximum absolute atomic E-state index is 12.6. The Bertz CT molecular complexity index is 797. The van der Waals surface area contributed by atoms with Gasteiger partial charge in [-0.05, 0) is 41.1 Å². The van der Waals surface area contributed by atoms with Gasteiger partial charge in [0.05, 0.1) is 21.7 Å². The average Bonchev–Trinajstić information content (AvgIpc) is 2.87. The highest BCUT2D eigenvalue weighted by Crippen LogP contribution is 2.21. The van der Waals surface area contributed by atoms with Crippen molar-refractivity contribution in [3.05, 3.63) is 52.5 Å². The number of carbonyl (C=O) groups is 1. The van der Waals surface area contributed by atoms with E-state index in [9.17, 15) is 4.79 Å². The van der Waals surface area contributed by atoms with Gasteiger partial charge in [0, 0.05) is 24.5 Å². The number of halogens is 1. The fraction of sp³-hybridized carbons (Fsp3) is 0.143. The van der Waals surface area contributed by atoms with Crippen LogP contribution in [0.1, 0.15) is 23.0 Å². The number of hydrogen-bond acceptors (Lipinski definition) is 4. The van der Waals surface area contributed by atoms with Crippen LogP contribution in [-0.4, -0.2) is 25.5 Å². The van der Waals surface area contributed by atoms with E-state index in [4.69, 9.17) is 0 Å². The number of benzene rings is 1. The molecule has 3 rings (SSSR count). The van der Waals surface area contributed by atoms with Gasteiger partial charge in [0.2, 0.25) is 5.78 Å². The predicted octanol–water partition coefficient (Wildman–Crippen LogP) is 2.84. The molecule has 0 radical (unpaired) electrons. The smallest absolute Gasteiger partial charge is 0.212 e. The van der Waals surface area contributed by atoms with E-state index in [2.05, 4.69) is 31.0 Å². The molecule has 0 atom stereocenters. The lowest BCUT2D eigenvalue weighted by molar-refractivity contribution is 0.102. The first-order valence-corrected chi connectivity index (χ1v) is 6.96. The molecule has 100 valence electrons. The van der Waals surface area contributed by atoms with Crippen molar-refractivity contribution in [3.63, 3.8) is 0 Å². The first-order valence-electron chi connectivity index (χ1n) is 6.17. The molecule has 0 aliphatic heterocycles. The molecular weight excluding hydrogens is 320 g/mol. The molecule has 0 bridgehead atoms. The molecule has 0 amide bonds. The number of aryl methyl sites for hydroxylation is 1. The van der Waals surface area contributed by atoms with E-state index in [0.29, 0.717) is 27.8 Å². The van der Waals surface area contributed by atoms with Gasteiger partial charge in [-0.3, -0.25) is 19.4 Å². The van der Waals surface area contributed by atoms with Crippen LogP contribution in [-0.2, 0) is 6.54 Å². The molecule has 5 nitrogen and oxygen atoms in total. The van der Waals surface area contributed by atoms with Crippen LogP contribution in [0.25, 0.3) is 11.0 Å². The Labute approximate surface area is 123 Å². The number of carbonyl (C=O) groups excluding carboxylic acids is 1. The van der Waals surface area contributed by atoms with Crippen LogP contribution in [0.15, 0.2) is 41.3 Å². The lowest BCUT2D eigenvalue weighted by atomic mass is 10.1. The summed E-state index contributed by atoms with van der Waals surface area (Å²) in [5.74, 6) is -0.0798. The van der Waals surface area contributed by atoms with Gasteiger partial charge >= 0.3 is 0 Å². The van der Waals surface area contributed by atoms with Crippen molar-refractivity contribution in [2.24, 2.45) is 0 Å². The zero-order chi connectivity index (χ0) is 14.1. The number of ketones is 1. The van der Waals surface area contributed by atoms with Crippen LogP contribution in [0.5, 0.6) is 0 Å². The molecule has 0 aliphatic carbocycles. The van der Waals surface area contributed by atoms with Gasteiger partial charge in [0.25, 0.3) is 0 Å². The van der Waals surface area contributed by atoms with Crippen LogP contribution in [0, 0.1) is 0 Å². The zero-order valence-corrected chi connectivity index (χ0v) is 12.3. The second-order valence-electron chi connectivity index (χ2n) is 4.25. The monoisotopic (exact) mass is 330 g/mol. The normalized spacial score (nSPS) is 10.9. The molecule has 6 heteroatoms. The van der Waals surface area contributed by atoms with Crippen molar-refractivity contribution in [2.45, 2.75) is 13.5 Å². The van der Waals surface area contributed by atoms with Gasteiger partial charge in [0.15, 0.2) is 0 Å². The molecule has 0 spiro atoms. The third-order valence-corrected chi connectivity index (χ3v) is 3.62. The van der Waals surface area contributed by atoms with E-state index in [1.807, 2.05) is 6.92 Å². The van der Waals surface area contributed by atoms with Crippen molar-refractivity contribution >= 4 is 32.7 Å². The minimum absolute atomic E-state index is 0.0798. The summed E-state index contributed by atoms with van der Waals surface area (Å²) in [5, 5.41) is 4.16. The Balaban J connectivity index is 2.10. The lowest BCUT2D eigenvalue weighted by Gasteiger charge is -2.05. The third kappa shape index (κ3) is 2.12. The molecule has 2 aromatic heterocycles. The Hall–Kier alpha value is -2.08. The van der Waals surface area contributed by atoms with Crippen LogP contribution in [0.3, 0.4) is 0 Å². The molecular formula is C14H11BrN4O. The van der Waals surface area contributed by atoms with E-state index in [-0.39, 0.29) is 5.78 Å². The maximum Gasteiger partial charge on any atom is 0.212 e. The molecule has 1 aromatic carbocycles. The fourth-order valence-electron chi connectivity index (χ4n) is 2.07. The molecule has 0 N–H and O–H groups in total. The standard InChI is InChI=1S/C14H11BrN4O/c1-2-19-13(10(15)8-18-19)14(20)9-3-4-11-12(7-9)17-6-5-16-11/h3-8H,2H2,1H3. The van der Waals surface area contributed by atoms with E-state index >= 15 is 0 Å². The SMILES string of the molecule is CCn1ncc(Br)c1C(=O)c1ccc2nccnc2c1. The van der Waals surface area contributed by atoms with Crippen LogP contribution < -0.4 is 0 Å². The number of aromatic nitrogens is 4. The highest BCUT2D eigenvalue weighted by Gasteiger charge is 2.18. The van der Waals surface area contributed by atoms with Crippen molar-refractivity contribution in [3.8, 4) is 0 Å². The van der Waals surface area contributed by atoms with E-state index in [1.54, 1.807) is 41.5 Å². The highest BCUT2D eigenvalue weighted by molar-refractivity contribution is 9.10.